The molecule has 3 nitrogen and oxygen atoms in total. The molecule has 3 N–H and O–H groups in total. The number of carboxylic acid groups (broad SMARTS) is 1. The summed E-state index contributed by atoms with van der Waals surface area (Å²) < 4.78 is 0. The van der Waals surface area contributed by atoms with Crippen molar-refractivity contribution in [2.45, 2.75) is 26.2 Å². The van der Waals surface area contributed by atoms with Crippen molar-refractivity contribution in [3.05, 3.63) is 29.3 Å². The number of rotatable bonds is 4. The number of nitrogen functional groups attached to an aromatic ring is 1. The monoisotopic (exact) mass is 193 g/mol. The van der Waals surface area contributed by atoms with Gasteiger partial charge in [0.05, 0.1) is 0 Å². The van der Waals surface area contributed by atoms with E-state index in [2.05, 4.69) is 0 Å². The smallest absolute Gasteiger partial charge is 0.303 e. The van der Waals surface area contributed by atoms with Gasteiger partial charge in [0.2, 0.25) is 0 Å². The Bertz CT molecular complexity index is 334. The van der Waals surface area contributed by atoms with E-state index in [9.17, 15) is 4.79 Å². The van der Waals surface area contributed by atoms with Gasteiger partial charge in [-0.3, -0.25) is 4.79 Å². The van der Waals surface area contributed by atoms with Crippen molar-refractivity contribution in [3.8, 4) is 0 Å². The molecule has 0 atom stereocenters. The summed E-state index contributed by atoms with van der Waals surface area (Å²) in [5.41, 5.74) is 8.71. The number of carbonyl (C=O) groups is 1. The first kappa shape index (κ1) is 10.6. The average Bonchev–Trinajstić information content (AvgIpc) is 2.10. The van der Waals surface area contributed by atoms with E-state index in [4.69, 9.17) is 10.8 Å². The quantitative estimate of drug-likeness (QED) is 0.719. The van der Waals surface area contributed by atoms with Gasteiger partial charge in [-0.1, -0.05) is 17.7 Å². The van der Waals surface area contributed by atoms with Gasteiger partial charge in [-0.15, -0.1) is 0 Å². The molecule has 0 aromatic heterocycles. The number of benzene rings is 1. The van der Waals surface area contributed by atoms with Gasteiger partial charge in [-0.25, -0.2) is 0 Å². The van der Waals surface area contributed by atoms with Gasteiger partial charge in [0, 0.05) is 12.1 Å². The minimum atomic E-state index is -0.753. The number of hydrogen-bond donors (Lipinski definition) is 2. The number of hydrogen-bond acceptors (Lipinski definition) is 2. The third-order valence-electron chi connectivity index (χ3n) is 2.14. The van der Waals surface area contributed by atoms with Crippen LogP contribution in [0.15, 0.2) is 18.2 Å². The fourth-order valence-electron chi connectivity index (χ4n) is 1.38. The van der Waals surface area contributed by atoms with Crippen molar-refractivity contribution in [2.24, 2.45) is 0 Å². The van der Waals surface area contributed by atoms with Crippen LogP contribution in [-0.2, 0) is 11.2 Å². The van der Waals surface area contributed by atoms with E-state index < -0.39 is 5.97 Å². The molecule has 1 aromatic rings. The Kier molecular flexibility index (Phi) is 3.51. The molecule has 0 unspecified atom stereocenters. The van der Waals surface area contributed by atoms with Gasteiger partial charge in [-0.05, 0) is 31.4 Å². The molecule has 14 heavy (non-hydrogen) atoms. The highest BCUT2D eigenvalue weighted by molar-refractivity contribution is 5.66. The molecule has 0 aliphatic carbocycles. The van der Waals surface area contributed by atoms with Crippen LogP contribution in [0, 0.1) is 6.92 Å². The lowest BCUT2D eigenvalue weighted by atomic mass is 10.0. The fraction of sp³-hybridized carbons (Fsp3) is 0.364. The van der Waals surface area contributed by atoms with Crippen molar-refractivity contribution in [2.75, 3.05) is 5.73 Å². The number of aliphatic carboxylic acids is 1. The largest absolute Gasteiger partial charge is 0.481 e. The molecule has 0 aliphatic heterocycles. The second-order valence-electron chi connectivity index (χ2n) is 3.45. The van der Waals surface area contributed by atoms with E-state index in [1.165, 1.54) is 0 Å². The van der Waals surface area contributed by atoms with Crippen LogP contribution >= 0.6 is 0 Å². The molecule has 0 saturated heterocycles. The van der Waals surface area contributed by atoms with Gasteiger partial charge in [0.25, 0.3) is 0 Å². The summed E-state index contributed by atoms with van der Waals surface area (Å²) in [6, 6.07) is 5.83. The summed E-state index contributed by atoms with van der Waals surface area (Å²) >= 11 is 0. The summed E-state index contributed by atoms with van der Waals surface area (Å²) in [6.07, 6.45) is 1.58. The molecule has 0 aliphatic rings. The van der Waals surface area contributed by atoms with Gasteiger partial charge in [-0.2, -0.15) is 0 Å². The van der Waals surface area contributed by atoms with Gasteiger partial charge in [0.15, 0.2) is 0 Å². The number of nitrogens with two attached hydrogens (primary N) is 1. The number of aryl methyl sites for hydroxylation is 2. The number of anilines is 1. The minimum Gasteiger partial charge on any atom is -0.481 e. The van der Waals surface area contributed by atoms with E-state index in [1.807, 2.05) is 25.1 Å². The van der Waals surface area contributed by atoms with Crippen LogP contribution in [0.1, 0.15) is 24.0 Å². The van der Waals surface area contributed by atoms with Crippen molar-refractivity contribution < 1.29 is 9.90 Å². The summed E-state index contributed by atoms with van der Waals surface area (Å²) in [6.45, 7) is 2.00. The van der Waals surface area contributed by atoms with Crippen molar-refractivity contribution in [1.29, 1.82) is 0 Å². The Labute approximate surface area is 83.6 Å². The molecular weight excluding hydrogens is 178 g/mol. The van der Waals surface area contributed by atoms with Crippen molar-refractivity contribution in [1.82, 2.24) is 0 Å². The minimum absolute atomic E-state index is 0.202. The molecule has 76 valence electrons. The van der Waals surface area contributed by atoms with Crippen LogP contribution in [0.3, 0.4) is 0 Å². The van der Waals surface area contributed by atoms with Gasteiger partial charge >= 0.3 is 5.97 Å². The van der Waals surface area contributed by atoms with Crippen LogP contribution in [0.5, 0.6) is 0 Å². The first-order valence-electron chi connectivity index (χ1n) is 4.66. The topological polar surface area (TPSA) is 63.3 Å². The molecule has 0 saturated carbocycles. The molecule has 1 aromatic carbocycles. The highest BCUT2D eigenvalue weighted by Crippen LogP contribution is 2.16. The first-order valence-corrected chi connectivity index (χ1v) is 4.66. The maximum Gasteiger partial charge on any atom is 0.303 e. The number of carboxylic acids is 1. The normalized spacial score (nSPS) is 10.1. The van der Waals surface area contributed by atoms with Crippen LogP contribution in [-0.4, -0.2) is 11.1 Å². The van der Waals surface area contributed by atoms with E-state index in [0.717, 1.165) is 23.2 Å². The molecule has 0 fully saturated rings. The molecule has 0 amide bonds. The SMILES string of the molecule is Cc1ccc(N)c(CCCC(=O)O)c1. The van der Waals surface area contributed by atoms with Crippen molar-refractivity contribution >= 4 is 11.7 Å². The van der Waals surface area contributed by atoms with Crippen molar-refractivity contribution in [3.63, 3.8) is 0 Å². The Morgan fingerprint density at radius 2 is 2.21 bits per heavy atom. The lowest BCUT2D eigenvalue weighted by molar-refractivity contribution is -0.137. The third-order valence-corrected chi connectivity index (χ3v) is 2.14. The van der Waals surface area contributed by atoms with E-state index in [0.29, 0.717) is 6.42 Å². The summed E-state index contributed by atoms with van der Waals surface area (Å²) in [5.74, 6) is -0.753. The van der Waals surface area contributed by atoms with Gasteiger partial charge < -0.3 is 10.8 Å². The standard InChI is InChI=1S/C11H15NO2/c1-8-5-6-10(12)9(7-8)3-2-4-11(13)14/h5-7H,2-4,12H2,1H3,(H,13,14). The molecule has 0 spiro atoms. The second kappa shape index (κ2) is 4.65. The van der Waals surface area contributed by atoms with Crippen LogP contribution < -0.4 is 5.73 Å². The Balaban J connectivity index is 2.57. The average molecular weight is 193 g/mol. The maximum absolute atomic E-state index is 10.3. The third kappa shape index (κ3) is 3.09. The highest BCUT2D eigenvalue weighted by Gasteiger charge is 2.01. The Morgan fingerprint density at radius 3 is 2.86 bits per heavy atom. The lowest BCUT2D eigenvalue weighted by Crippen LogP contribution is -1.99. The highest BCUT2D eigenvalue weighted by atomic mass is 16.4. The van der Waals surface area contributed by atoms with E-state index in [1.54, 1.807) is 0 Å². The lowest BCUT2D eigenvalue weighted by Gasteiger charge is -2.05. The Hall–Kier alpha value is -1.51. The predicted octanol–water partition coefficient (Wildman–Crippen LogP) is 1.98. The molecule has 1 rings (SSSR count). The molecule has 0 bridgehead atoms. The zero-order valence-corrected chi connectivity index (χ0v) is 8.29. The molecule has 0 heterocycles. The van der Waals surface area contributed by atoms with Crippen LogP contribution in [0.25, 0.3) is 0 Å². The predicted molar refractivity (Wildman–Crippen MR) is 56.2 cm³/mol. The fourth-order valence-corrected chi connectivity index (χ4v) is 1.38. The summed E-state index contributed by atoms with van der Waals surface area (Å²) in [4.78, 5) is 10.3. The molecule has 3 heteroatoms. The maximum atomic E-state index is 10.3. The Morgan fingerprint density at radius 1 is 1.50 bits per heavy atom. The molecular formula is C11H15NO2. The molecule has 0 radical (unpaired) electrons. The van der Waals surface area contributed by atoms with Crippen LogP contribution in [0.2, 0.25) is 0 Å². The summed E-state index contributed by atoms with van der Waals surface area (Å²) in [7, 11) is 0. The van der Waals surface area contributed by atoms with Gasteiger partial charge in [0.1, 0.15) is 0 Å². The zero-order chi connectivity index (χ0) is 10.6. The second-order valence-corrected chi connectivity index (χ2v) is 3.45. The van der Waals surface area contributed by atoms with Crippen LogP contribution in [0.4, 0.5) is 5.69 Å². The zero-order valence-electron chi connectivity index (χ0n) is 8.29. The first-order chi connectivity index (χ1) is 6.59. The van der Waals surface area contributed by atoms with E-state index >= 15 is 0 Å². The summed E-state index contributed by atoms with van der Waals surface area (Å²) in [5, 5.41) is 8.48. The van der Waals surface area contributed by atoms with E-state index in [-0.39, 0.29) is 6.42 Å².